The van der Waals surface area contributed by atoms with E-state index in [-0.39, 0.29) is 5.91 Å². The van der Waals surface area contributed by atoms with Gasteiger partial charge in [-0.2, -0.15) is 0 Å². The second kappa shape index (κ2) is 7.62. The number of hydrogen-bond acceptors (Lipinski definition) is 2. The predicted octanol–water partition coefficient (Wildman–Crippen LogP) is 2.38. The number of carbonyl (C=O) groups excluding carboxylic acids is 1. The van der Waals surface area contributed by atoms with Gasteiger partial charge in [0.25, 0.3) is 5.91 Å². The van der Waals surface area contributed by atoms with Crippen LogP contribution in [0.15, 0.2) is 60.7 Å². The first kappa shape index (κ1) is 15.3. The van der Waals surface area contributed by atoms with E-state index in [1.165, 1.54) is 5.56 Å². The first-order chi connectivity index (χ1) is 11.3. The Morgan fingerprint density at radius 3 is 2.13 bits per heavy atom. The Balaban J connectivity index is 1.51. The Hall–Kier alpha value is -2.57. The Bertz CT molecular complexity index is 693. The van der Waals surface area contributed by atoms with Crippen molar-refractivity contribution in [1.82, 2.24) is 9.80 Å². The van der Waals surface area contributed by atoms with Gasteiger partial charge in [0.05, 0.1) is 0 Å². The summed E-state index contributed by atoms with van der Waals surface area (Å²) in [7, 11) is 0. The molecule has 0 saturated carbocycles. The molecule has 1 fully saturated rings. The van der Waals surface area contributed by atoms with Gasteiger partial charge < -0.3 is 4.90 Å². The van der Waals surface area contributed by atoms with E-state index >= 15 is 0 Å². The monoisotopic (exact) mass is 304 g/mol. The van der Waals surface area contributed by atoms with Gasteiger partial charge in [0, 0.05) is 44.2 Å². The van der Waals surface area contributed by atoms with E-state index < -0.39 is 0 Å². The van der Waals surface area contributed by atoms with Gasteiger partial charge in [-0.1, -0.05) is 54.5 Å². The van der Waals surface area contributed by atoms with Gasteiger partial charge in [-0.3, -0.25) is 9.69 Å². The summed E-state index contributed by atoms with van der Waals surface area (Å²) in [5.74, 6) is 5.61. The molecule has 2 aromatic carbocycles. The lowest BCUT2D eigenvalue weighted by molar-refractivity contribution is -0.126. The van der Waals surface area contributed by atoms with Gasteiger partial charge in [-0.25, -0.2) is 0 Å². The maximum absolute atomic E-state index is 12.2. The first-order valence-corrected chi connectivity index (χ1v) is 7.93. The molecule has 1 saturated heterocycles. The molecule has 0 atom stereocenters. The summed E-state index contributed by atoms with van der Waals surface area (Å²) in [6.07, 6.45) is 0. The van der Waals surface area contributed by atoms with Crippen molar-refractivity contribution in [3.8, 4) is 11.8 Å². The van der Waals surface area contributed by atoms with Crippen LogP contribution in [0.4, 0.5) is 0 Å². The fourth-order valence-electron chi connectivity index (χ4n) is 2.68. The van der Waals surface area contributed by atoms with Gasteiger partial charge >= 0.3 is 0 Å². The number of benzene rings is 2. The fraction of sp³-hybridized carbons (Fsp3) is 0.250. The van der Waals surface area contributed by atoms with Crippen LogP contribution in [-0.4, -0.2) is 41.9 Å². The maximum Gasteiger partial charge on any atom is 0.298 e. The fourth-order valence-corrected chi connectivity index (χ4v) is 2.68. The molecular formula is C20H20N2O. The molecule has 3 rings (SSSR count). The molecule has 1 aliphatic rings. The molecule has 1 heterocycles. The van der Waals surface area contributed by atoms with Crippen molar-refractivity contribution in [3.05, 3.63) is 71.8 Å². The van der Waals surface area contributed by atoms with Gasteiger partial charge in [0.2, 0.25) is 0 Å². The largest absolute Gasteiger partial charge is 0.329 e. The van der Waals surface area contributed by atoms with Crippen molar-refractivity contribution in [2.24, 2.45) is 0 Å². The highest BCUT2D eigenvalue weighted by Crippen LogP contribution is 2.08. The lowest BCUT2D eigenvalue weighted by atomic mass is 10.2. The smallest absolute Gasteiger partial charge is 0.298 e. The minimum absolute atomic E-state index is 0.0757. The molecule has 0 unspecified atom stereocenters. The zero-order chi connectivity index (χ0) is 15.9. The van der Waals surface area contributed by atoms with Crippen molar-refractivity contribution in [2.75, 3.05) is 26.2 Å². The molecular weight excluding hydrogens is 284 g/mol. The van der Waals surface area contributed by atoms with Crippen LogP contribution in [0.1, 0.15) is 11.1 Å². The summed E-state index contributed by atoms with van der Waals surface area (Å²) in [5, 5.41) is 0. The first-order valence-electron chi connectivity index (χ1n) is 7.93. The van der Waals surface area contributed by atoms with Gasteiger partial charge in [0.15, 0.2) is 0 Å². The van der Waals surface area contributed by atoms with Crippen LogP contribution in [-0.2, 0) is 11.3 Å². The average Bonchev–Trinajstić information content (AvgIpc) is 2.62. The summed E-state index contributed by atoms with van der Waals surface area (Å²) in [6, 6.07) is 20.1. The minimum Gasteiger partial charge on any atom is -0.329 e. The van der Waals surface area contributed by atoms with Gasteiger partial charge in [0.1, 0.15) is 0 Å². The van der Waals surface area contributed by atoms with Crippen LogP contribution < -0.4 is 0 Å². The van der Waals surface area contributed by atoms with Crippen LogP contribution >= 0.6 is 0 Å². The number of carbonyl (C=O) groups is 1. The molecule has 0 radical (unpaired) electrons. The Morgan fingerprint density at radius 2 is 1.48 bits per heavy atom. The second-order valence-corrected chi connectivity index (χ2v) is 5.67. The van der Waals surface area contributed by atoms with Crippen LogP contribution in [0.3, 0.4) is 0 Å². The summed E-state index contributed by atoms with van der Waals surface area (Å²) >= 11 is 0. The van der Waals surface area contributed by atoms with E-state index in [1.807, 2.05) is 41.3 Å². The summed E-state index contributed by atoms with van der Waals surface area (Å²) < 4.78 is 0. The third kappa shape index (κ3) is 4.45. The number of piperazine rings is 1. The van der Waals surface area contributed by atoms with Crippen molar-refractivity contribution >= 4 is 5.91 Å². The molecule has 23 heavy (non-hydrogen) atoms. The van der Waals surface area contributed by atoms with E-state index in [0.29, 0.717) is 0 Å². The van der Waals surface area contributed by atoms with E-state index in [2.05, 4.69) is 41.0 Å². The number of nitrogens with zero attached hydrogens (tertiary/aromatic N) is 2. The molecule has 0 N–H and O–H groups in total. The molecule has 1 aliphatic heterocycles. The topological polar surface area (TPSA) is 23.6 Å². The number of hydrogen-bond donors (Lipinski definition) is 0. The Labute approximate surface area is 137 Å². The van der Waals surface area contributed by atoms with E-state index in [4.69, 9.17) is 0 Å². The van der Waals surface area contributed by atoms with E-state index in [0.717, 1.165) is 38.3 Å². The van der Waals surface area contributed by atoms with E-state index in [9.17, 15) is 4.79 Å². The maximum atomic E-state index is 12.2. The standard InChI is InChI=1S/C20H20N2O/c23-20(12-11-18-7-3-1-4-8-18)22-15-13-21(14-16-22)17-19-9-5-2-6-10-19/h1-10H,13-17H2. The van der Waals surface area contributed by atoms with Crippen molar-refractivity contribution in [3.63, 3.8) is 0 Å². The Morgan fingerprint density at radius 1 is 0.870 bits per heavy atom. The molecule has 3 nitrogen and oxygen atoms in total. The predicted molar refractivity (Wildman–Crippen MR) is 91.6 cm³/mol. The summed E-state index contributed by atoms with van der Waals surface area (Å²) in [6.45, 7) is 4.23. The van der Waals surface area contributed by atoms with Crippen LogP contribution in [0, 0.1) is 11.8 Å². The van der Waals surface area contributed by atoms with E-state index in [1.54, 1.807) is 0 Å². The molecule has 1 amide bonds. The minimum atomic E-state index is -0.0757. The summed E-state index contributed by atoms with van der Waals surface area (Å²) in [4.78, 5) is 16.4. The molecule has 0 aliphatic carbocycles. The van der Waals surface area contributed by atoms with Crippen LogP contribution in [0.2, 0.25) is 0 Å². The SMILES string of the molecule is O=C(C#Cc1ccccc1)N1CCN(Cc2ccccc2)CC1. The number of amides is 1. The molecule has 0 spiro atoms. The normalized spacial score (nSPS) is 14.9. The van der Waals surface area contributed by atoms with Crippen LogP contribution in [0.5, 0.6) is 0 Å². The highest BCUT2D eigenvalue weighted by Gasteiger charge is 2.19. The molecule has 0 bridgehead atoms. The van der Waals surface area contributed by atoms with Crippen molar-refractivity contribution < 1.29 is 4.79 Å². The summed E-state index contributed by atoms with van der Waals surface area (Å²) in [5.41, 5.74) is 2.19. The molecule has 3 heteroatoms. The average molecular weight is 304 g/mol. The molecule has 116 valence electrons. The third-order valence-corrected chi connectivity index (χ3v) is 4.00. The second-order valence-electron chi connectivity index (χ2n) is 5.67. The molecule has 2 aromatic rings. The lowest BCUT2D eigenvalue weighted by Gasteiger charge is -2.33. The zero-order valence-electron chi connectivity index (χ0n) is 13.1. The lowest BCUT2D eigenvalue weighted by Crippen LogP contribution is -2.47. The Kier molecular flexibility index (Phi) is 5.08. The quantitative estimate of drug-likeness (QED) is 0.795. The molecule has 0 aromatic heterocycles. The zero-order valence-corrected chi connectivity index (χ0v) is 13.1. The third-order valence-electron chi connectivity index (χ3n) is 4.00. The highest BCUT2D eigenvalue weighted by molar-refractivity contribution is 5.94. The highest BCUT2D eigenvalue weighted by atomic mass is 16.2. The van der Waals surface area contributed by atoms with Crippen molar-refractivity contribution in [2.45, 2.75) is 6.54 Å². The van der Waals surface area contributed by atoms with Gasteiger partial charge in [-0.15, -0.1) is 0 Å². The van der Waals surface area contributed by atoms with Crippen LogP contribution in [0.25, 0.3) is 0 Å². The number of rotatable bonds is 2. The van der Waals surface area contributed by atoms with Crippen molar-refractivity contribution in [1.29, 1.82) is 0 Å². The van der Waals surface area contributed by atoms with Gasteiger partial charge in [-0.05, 0) is 17.7 Å².